The molecule has 2 aliphatic rings. The van der Waals surface area contributed by atoms with E-state index in [2.05, 4.69) is 30.1 Å². The molecule has 11 atom stereocenters. The Morgan fingerprint density at radius 1 is 0.492 bits per heavy atom. The summed E-state index contributed by atoms with van der Waals surface area (Å²) in [5, 5.41) is 24.5. The van der Waals surface area contributed by atoms with Crippen LogP contribution in [0.2, 0.25) is 0 Å². The summed E-state index contributed by atoms with van der Waals surface area (Å²) in [7, 11) is 0. The first-order chi connectivity index (χ1) is 32.0. The third-order valence-corrected chi connectivity index (χ3v) is 11.2. The van der Waals surface area contributed by atoms with E-state index < -0.39 is 67.1 Å². The lowest BCUT2D eigenvalue weighted by Crippen LogP contribution is -2.65. The summed E-state index contributed by atoms with van der Waals surface area (Å²) in [4.78, 5) is 9.52. The molecule has 5 aromatic rings. The second-order valence-electron chi connectivity index (χ2n) is 15.7. The van der Waals surface area contributed by atoms with Crippen molar-refractivity contribution >= 4 is 0 Å². The molecule has 1 aliphatic carbocycles. The summed E-state index contributed by atoms with van der Waals surface area (Å²) in [5.74, 6) is 0. The maximum atomic E-state index is 12.1. The molecule has 1 saturated carbocycles. The van der Waals surface area contributed by atoms with Gasteiger partial charge in [-0.3, -0.25) is 0 Å². The van der Waals surface area contributed by atoms with Gasteiger partial charge in [0.05, 0.1) is 63.9 Å². The molecule has 1 aliphatic heterocycles. The van der Waals surface area contributed by atoms with Crippen LogP contribution in [0.3, 0.4) is 0 Å². The van der Waals surface area contributed by atoms with Crippen molar-refractivity contribution in [2.45, 2.75) is 107 Å². The van der Waals surface area contributed by atoms with E-state index in [0.717, 1.165) is 27.8 Å². The minimum absolute atomic E-state index is 0.0124. The highest BCUT2D eigenvalue weighted by Crippen LogP contribution is 2.38. The Morgan fingerprint density at radius 2 is 0.877 bits per heavy atom. The van der Waals surface area contributed by atoms with Crippen LogP contribution in [0.25, 0.3) is 31.3 Å². The Bertz CT molecular complexity index is 2320. The van der Waals surface area contributed by atoms with Crippen molar-refractivity contribution in [1.29, 1.82) is 0 Å². The highest BCUT2D eigenvalue weighted by atomic mass is 16.7. The van der Waals surface area contributed by atoms with E-state index in [1.165, 1.54) is 0 Å². The Kier molecular flexibility index (Phi) is 17.7. The fourth-order valence-corrected chi connectivity index (χ4v) is 8.08. The van der Waals surface area contributed by atoms with Gasteiger partial charge in [-0.15, -0.1) is 0 Å². The van der Waals surface area contributed by atoms with Crippen molar-refractivity contribution in [1.82, 2.24) is 0 Å². The van der Waals surface area contributed by atoms with Gasteiger partial charge >= 0.3 is 0 Å². The lowest BCUT2D eigenvalue weighted by atomic mass is 9.83. The average molecular weight is 882 g/mol. The van der Waals surface area contributed by atoms with E-state index in [9.17, 15) is 21.7 Å². The SMILES string of the molecule is [N-]=[N+]=N[C@H]1[C@@H](O[C@H]2[C@H](OCc3ccccc3)[C@@H](OCc3ccccc3)[C@H](N=[N+]=[N-])C[C@@H]2N=[N+]=[N-])O[C@H](C(O)COCc2ccccc2)[C@@H](OCc2ccccc2)[C@@H]1OCc1ccccc1. The number of benzene rings is 5. The molecule has 0 aromatic heterocycles. The van der Waals surface area contributed by atoms with Gasteiger partial charge in [0.2, 0.25) is 0 Å². The Labute approximate surface area is 376 Å². The lowest BCUT2D eigenvalue weighted by Gasteiger charge is -2.49. The van der Waals surface area contributed by atoms with Gasteiger partial charge in [0.25, 0.3) is 0 Å². The number of aliphatic hydroxyl groups excluding tert-OH is 1. The smallest absolute Gasteiger partial charge is 0.169 e. The first-order valence-electron chi connectivity index (χ1n) is 21.4. The second kappa shape index (κ2) is 24.7. The predicted octanol–water partition coefficient (Wildman–Crippen LogP) is 9.46. The monoisotopic (exact) mass is 881 g/mol. The molecule has 65 heavy (non-hydrogen) atoms. The zero-order valence-corrected chi connectivity index (χ0v) is 35.6. The zero-order chi connectivity index (χ0) is 45.1. The van der Waals surface area contributed by atoms with Gasteiger partial charge in [-0.25, -0.2) is 0 Å². The first-order valence-corrected chi connectivity index (χ1v) is 21.4. The van der Waals surface area contributed by atoms with Crippen LogP contribution < -0.4 is 0 Å². The summed E-state index contributed by atoms with van der Waals surface area (Å²) >= 11 is 0. The van der Waals surface area contributed by atoms with Crippen molar-refractivity contribution in [3.05, 3.63) is 211 Å². The maximum Gasteiger partial charge on any atom is 0.169 e. The van der Waals surface area contributed by atoms with Gasteiger partial charge in [-0.1, -0.05) is 167 Å². The molecule has 17 nitrogen and oxygen atoms in total. The number of hydrogen-bond donors (Lipinski definition) is 1. The second-order valence-corrected chi connectivity index (χ2v) is 15.7. The Balaban J connectivity index is 1.27. The van der Waals surface area contributed by atoms with Crippen LogP contribution in [-0.2, 0) is 66.2 Å². The summed E-state index contributed by atoms with van der Waals surface area (Å²) < 4.78 is 46.3. The predicted molar refractivity (Wildman–Crippen MR) is 239 cm³/mol. The van der Waals surface area contributed by atoms with E-state index in [0.29, 0.717) is 0 Å². The van der Waals surface area contributed by atoms with E-state index in [4.69, 9.17) is 33.2 Å². The highest BCUT2D eigenvalue weighted by Gasteiger charge is 2.54. The van der Waals surface area contributed by atoms with Gasteiger partial charge in [0.15, 0.2) is 6.29 Å². The van der Waals surface area contributed by atoms with Gasteiger partial charge < -0.3 is 38.3 Å². The van der Waals surface area contributed by atoms with Crippen molar-refractivity contribution in [2.24, 2.45) is 15.3 Å². The van der Waals surface area contributed by atoms with E-state index >= 15 is 0 Å². The molecule has 1 saturated heterocycles. The van der Waals surface area contributed by atoms with E-state index in [1.54, 1.807) is 0 Å². The lowest BCUT2D eigenvalue weighted by molar-refractivity contribution is -0.320. The van der Waals surface area contributed by atoms with Crippen molar-refractivity contribution < 1.29 is 38.3 Å². The molecule has 1 N–H and O–H groups in total. The molecule has 17 heteroatoms. The normalized spacial score (nSPS) is 25.6. The number of ether oxygens (including phenoxy) is 7. The number of aliphatic hydroxyl groups is 1. The minimum atomic E-state index is -1.45. The van der Waals surface area contributed by atoms with Gasteiger partial charge in [-0.05, 0) is 50.8 Å². The Hall–Kier alpha value is -6.29. The third-order valence-electron chi connectivity index (χ3n) is 11.2. The van der Waals surface area contributed by atoms with Crippen LogP contribution >= 0.6 is 0 Å². The molecule has 0 spiro atoms. The number of azide groups is 3. The fourth-order valence-electron chi connectivity index (χ4n) is 8.08. The standard InChI is InChI=1S/C48H51N9O8/c49-55-52-38-26-39(53-56-50)43(46(62-30-36-22-12-4-13-23-36)42(38)60-28-34-18-8-2-9-19-34)64-48-41(54-57-51)45(61-29-35-20-10-3-11-21-35)47(63-31-37-24-14-5-15-25-37)44(65-48)40(58)32-59-27-33-16-6-1-7-17-33/h1-25,38-48,58H,26-32H2/t38-,39+,40?,41-,42+,43-,44-,45-,46-,47-,48+/m1/s1. The van der Waals surface area contributed by atoms with Crippen LogP contribution in [0, 0.1) is 0 Å². The summed E-state index contributed by atoms with van der Waals surface area (Å²) in [6.07, 6.45) is -9.18. The largest absolute Gasteiger partial charge is 0.388 e. The highest BCUT2D eigenvalue weighted by molar-refractivity contribution is 5.18. The Morgan fingerprint density at radius 3 is 1.32 bits per heavy atom. The third kappa shape index (κ3) is 13.1. The van der Waals surface area contributed by atoms with Crippen LogP contribution in [0.5, 0.6) is 0 Å². The summed E-state index contributed by atoms with van der Waals surface area (Å²) in [5.41, 5.74) is 34.1. The van der Waals surface area contributed by atoms with Gasteiger partial charge in [-0.2, -0.15) is 0 Å². The molecule has 7 rings (SSSR count). The summed E-state index contributed by atoms with van der Waals surface area (Å²) in [6, 6.07) is 44.3. The number of hydrogen-bond acceptors (Lipinski definition) is 11. The van der Waals surface area contributed by atoms with E-state index in [1.807, 2.05) is 152 Å². The van der Waals surface area contributed by atoms with Crippen molar-refractivity contribution in [3.63, 3.8) is 0 Å². The molecular weight excluding hydrogens is 831 g/mol. The molecule has 0 bridgehead atoms. The summed E-state index contributed by atoms with van der Waals surface area (Å²) in [6.45, 7) is 0.411. The molecule has 336 valence electrons. The minimum Gasteiger partial charge on any atom is -0.388 e. The van der Waals surface area contributed by atoms with Crippen molar-refractivity contribution in [3.8, 4) is 0 Å². The van der Waals surface area contributed by atoms with Gasteiger partial charge in [0, 0.05) is 14.7 Å². The molecule has 2 fully saturated rings. The van der Waals surface area contributed by atoms with Gasteiger partial charge in [0.1, 0.15) is 36.6 Å². The fraction of sp³-hybridized carbons (Fsp3) is 0.375. The van der Waals surface area contributed by atoms with Crippen LogP contribution in [0.15, 0.2) is 167 Å². The quantitative estimate of drug-likeness (QED) is 0.0398. The van der Waals surface area contributed by atoms with Crippen LogP contribution in [-0.4, -0.2) is 78.9 Å². The van der Waals surface area contributed by atoms with Crippen LogP contribution in [0.4, 0.5) is 0 Å². The average Bonchev–Trinajstić information content (AvgIpc) is 3.35. The molecular formula is C48H51N9O8. The van der Waals surface area contributed by atoms with E-state index in [-0.39, 0.29) is 46.1 Å². The van der Waals surface area contributed by atoms with Crippen LogP contribution in [0.1, 0.15) is 34.2 Å². The zero-order valence-electron chi connectivity index (χ0n) is 35.6. The molecule has 1 heterocycles. The topological polar surface area (TPSA) is 231 Å². The maximum absolute atomic E-state index is 12.1. The first kappa shape index (κ1) is 46.7. The van der Waals surface area contributed by atoms with Crippen molar-refractivity contribution in [2.75, 3.05) is 6.61 Å². The molecule has 1 unspecified atom stereocenters. The number of rotatable bonds is 22. The molecule has 0 radical (unpaired) electrons. The molecule has 0 amide bonds. The molecule has 5 aromatic carbocycles. The number of nitrogens with zero attached hydrogens (tertiary/aromatic N) is 9.